The molecule has 32 heavy (non-hydrogen) atoms. The fourth-order valence-electron chi connectivity index (χ4n) is 3.54. The summed E-state index contributed by atoms with van der Waals surface area (Å²) in [5.74, 6) is -1.68. The van der Waals surface area contributed by atoms with Gasteiger partial charge in [-0.15, -0.1) is 12.4 Å². The van der Waals surface area contributed by atoms with Crippen LogP contribution in [0.3, 0.4) is 0 Å². The molecular formula is C21H22ClN5O5. The number of morpholine rings is 1. The van der Waals surface area contributed by atoms with E-state index >= 15 is 0 Å². The molecule has 2 atom stereocenters. The number of hydrogen-bond donors (Lipinski definition) is 5. The van der Waals surface area contributed by atoms with Gasteiger partial charge in [0, 0.05) is 35.6 Å². The van der Waals surface area contributed by atoms with Crippen molar-refractivity contribution in [1.29, 1.82) is 5.41 Å². The summed E-state index contributed by atoms with van der Waals surface area (Å²) in [6.07, 6.45) is -3.12. The van der Waals surface area contributed by atoms with Gasteiger partial charge in [-0.2, -0.15) is 0 Å². The molecule has 1 saturated heterocycles. The monoisotopic (exact) mass is 459 g/mol. The number of aliphatic hydroxyl groups is 1. The fourth-order valence-corrected chi connectivity index (χ4v) is 3.54. The molecular weight excluding hydrogens is 438 g/mol. The van der Waals surface area contributed by atoms with Crippen LogP contribution in [0.1, 0.15) is 21.5 Å². The third-order valence-corrected chi connectivity index (χ3v) is 5.23. The van der Waals surface area contributed by atoms with E-state index in [1.54, 1.807) is 30.3 Å². The van der Waals surface area contributed by atoms with E-state index in [9.17, 15) is 19.5 Å². The van der Waals surface area contributed by atoms with Gasteiger partial charge in [0.15, 0.2) is 12.2 Å². The Balaban J connectivity index is 0.00000289. The standard InChI is InChI=1S/C21H21N5O5.ClH/c22-18(23)11-1-4-13(5-2-11)25-20(29)16(27)17-21(30)26(7-8-31-17)14-6-3-12-10-24-19(28)15(12)9-14;/h1-6,9,16-17,27H,7-8,10H2,(H3,22,23)(H,24,28)(H,25,29);1H/t16?,17-;/m1./s1. The molecule has 0 bridgehead atoms. The first-order chi connectivity index (χ1) is 14.8. The van der Waals surface area contributed by atoms with Gasteiger partial charge in [0.2, 0.25) is 0 Å². The maximum absolute atomic E-state index is 12.9. The molecule has 2 aromatic carbocycles. The van der Waals surface area contributed by atoms with Crippen LogP contribution in [-0.4, -0.2) is 54.0 Å². The molecule has 2 heterocycles. The van der Waals surface area contributed by atoms with Gasteiger partial charge in [-0.3, -0.25) is 19.8 Å². The number of ether oxygens (including phenoxy) is 1. The Bertz CT molecular complexity index is 1070. The zero-order chi connectivity index (χ0) is 22.1. The number of amidine groups is 1. The van der Waals surface area contributed by atoms with Gasteiger partial charge in [-0.05, 0) is 42.0 Å². The van der Waals surface area contributed by atoms with E-state index in [1.165, 1.54) is 17.0 Å². The van der Waals surface area contributed by atoms with E-state index in [4.69, 9.17) is 15.9 Å². The van der Waals surface area contributed by atoms with Crippen LogP contribution in [0.25, 0.3) is 0 Å². The first-order valence-electron chi connectivity index (χ1n) is 9.62. The number of nitrogens with zero attached hydrogens (tertiary/aromatic N) is 1. The van der Waals surface area contributed by atoms with Gasteiger partial charge in [0.1, 0.15) is 5.84 Å². The first kappa shape index (κ1) is 23.2. The van der Waals surface area contributed by atoms with Crippen molar-refractivity contribution < 1.29 is 24.2 Å². The van der Waals surface area contributed by atoms with Crippen molar-refractivity contribution in [1.82, 2.24) is 5.32 Å². The number of rotatable bonds is 5. The fraction of sp³-hybridized carbons (Fsp3) is 0.238. The van der Waals surface area contributed by atoms with Crippen LogP contribution in [0.4, 0.5) is 11.4 Å². The average molecular weight is 460 g/mol. The molecule has 0 aliphatic carbocycles. The van der Waals surface area contributed by atoms with Crippen molar-refractivity contribution in [2.75, 3.05) is 23.4 Å². The third-order valence-electron chi connectivity index (χ3n) is 5.23. The molecule has 11 heteroatoms. The Morgan fingerprint density at radius 2 is 1.97 bits per heavy atom. The molecule has 0 saturated carbocycles. The van der Waals surface area contributed by atoms with Crippen LogP contribution in [0.5, 0.6) is 0 Å². The van der Waals surface area contributed by atoms with Crippen molar-refractivity contribution in [3.05, 3.63) is 59.2 Å². The maximum atomic E-state index is 12.9. The highest BCUT2D eigenvalue weighted by atomic mass is 35.5. The van der Waals surface area contributed by atoms with Crippen molar-refractivity contribution in [3.63, 3.8) is 0 Å². The SMILES string of the molecule is Cl.N=C(N)c1ccc(NC(=O)C(O)[C@H]2OCCN(c3ccc4c(c3)C(=O)NC4)C2=O)cc1. The lowest BCUT2D eigenvalue weighted by Crippen LogP contribution is -2.55. The molecule has 2 aliphatic heterocycles. The molecule has 0 spiro atoms. The van der Waals surface area contributed by atoms with Crippen LogP contribution in [-0.2, 0) is 20.9 Å². The lowest BCUT2D eigenvalue weighted by molar-refractivity contribution is -0.150. The summed E-state index contributed by atoms with van der Waals surface area (Å²) in [5.41, 5.74) is 8.11. The number of amides is 3. The largest absolute Gasteiger partial charge is 0.384 e. The summed E-state index contributed by atoms with van der Waals surface area (Å²) in [6, 6.07) is 11.3. The van der Waals surface area contributed by atoms with Crippen molar-refractivity contribution in [2.24, 2.45) is 5.73 Å². The molecule has 3 amide bonds. The van der Waals surface area contributed by atoms with E-state index in [0.29, 0.717) is 29.0 Å². The second-order valence-electron chi connectivity index (χ2n) is 7.23. The summed E-state index contributed by atoms with van der Waals surface area (Å²) in [5, 5.41) is 23.1. The summed E-state index contributed by atoms with van der Waals surface area (Å²) < 4.78 is 5.40. The maximum Gasteiger partial charge on any atom is 0.259 e. The van der Waals surface area contributed by atoms with Crippen LogP contribution < -0.4 is 21.3 Å². The number of halogens is 1. The number of nitrogens with one attached hydrogen (secondary N) is 3. The first-order valence-corrected chi connectivity index (χ1v) is 9.62. The Labute approximate surface area is 189 Å². The number of nitrogens with two attached hydrogens (primary N) is 1. The van der Waals surface area contributed by atoms with Gasteiger partial charge in [0.25, 0.3) is 17.7 Å². The predicted molar refractivity (Wildman–Crippen MR) is 119 cm³/mol. The number of nitrogen functional groups attached to an aromatic ring is 1. The molecule has 1 fully saturated rings. The third kappa shape index (κ3) is 4.42. The van der Waals surface area contributed by atoms with Crippen molar-refractivity contribution in [3.8, 4) is 0 Å². The van der Waals surface area contributed by atoms with E-state index in [0.717, 1.165) is 5.56 Å². The quantitative estimate of drug-likeness (QED) is 0.321. The molecule has 4 rings (SSSR count). The number of benzene rings is 2. The number of aliphatic hydroxyl groups excluding tert-OH is 1. The summed E-state index contributed by atoms with van der Waals surface area (Å²) >= 11 is 0. The lowest BCUT2D eigenvalue weighted by Gasteiger charge is -2.34. The molecule has 0 radical (unpaired) electrons. The van der Waals surface area contributed by atoms with Gasteiger partial charge in [-0.1, -0.05) is 6.07 Å². The number of carbonyl (C=O) groups excluding carboxylic acids is 3. The van der Waals surface area contributed by atoms with Crippen molar-refractivity contribution >= 4 is 47.3 Å². The second-order valence-corrected chi connectivity index (χ2v) is 7.23. The Morgan fingerprint density at radius 3 is 2.66 bits per heavy atom. The highest BCUT2D eigenvalue weighted by molar-refractivity contribution is 6.05. The zero-order valence-corrected chi connectivity index (χ0v) is 17.6. The molecule has 2 aromatic rings. The molecule has 1 unspecified atom stereocenters. The van der Waals surface area contributed by atoms with E-state index < -0.39 is 24.0 Å². The second kappa shape index (κ2) is 9.35. The molecule has 0 aromatic heterocycles. The Kier molecular flexibility index (Phi) is 6.78. The van der Waals surface area contributed by atoms with E-state index in [1.807, 2.05) is 0 Å². The van der Waals surface area contributed by atoms with Crippen molar-refractivity contribution in [2.45, 2.75) is 18.8 Å². The molecule has 2 aliphatic rings. The average Bonchev–Trinajstić information content (AvgIpc) is 3.14. The lowest BCUT2D eigenvalue weighted by atomic mass is 10.1. The summed E-state index contributed by atoms with van der Waals surface area (Å²) in [6.45, 7) is 0.800. The number of carbonyl (C=O) groups is 3. The number of fused-ring (bicyclic) bond motifs is 1. The smallest absolute Gasteiger partial charge is 0.259 e. The zero-order valence-electron chi connectivity index (χ0n) is 16.8. The van der Waals surface area contributed by atoms with Gasteiger partial charge < -0.3 is 31.1 Å². The number of hydrogen-bond acceptors (Lipinski definition) is 6. The minimum absolute atomic E-state index is 0. The normalized spacial score (nSPS) is 18.3. The Morgan fingerprint density at radius 1 is 1.25 bits per heavy atom. The molecule has 6 N–H and O–H groups in total. The Hall–Kier alpha value is -3.47. The summed E-state index contributed by atoms with van der Waals surface area (Å²) in [7, 11) is 0. The van der Waals surface area contributed by atoms with E-state index in [-0.39, 0.29) is 37.3 Å². The van der Waals surface area contributed by atoms with Crippen LogP contribution >= 0.6 is 12.4 Å². The predicted octanol–water partition coefficient (Wildman–Crippen LogP) is 0.367. The summed E-state index contributed by atoms with van der Waals surface area (Å²) in [4.78, 5) is 38.8. The topological polar surface area (TPSA) is 158 Å². The minimum Gasteiger partial charge on any atom is -0.384 e. The number of anilines is 2. The van der Waals surface area contributed by atoms with E-state index in [2.05, 4.69) is 10.6 Å². The van der Waals surface area contributed by atoms with Gasteiger partial charge >= 0.3 is 0 Å². The highest BCUT2D eigenvalue weighted by Crippen LogP contribution is 2.26. The van der Waals surface area contributed by atoms with Crippen LogP contribution in [0.15, 0.2) is 42.5 Å². The minimum atomic E-state index is -1.74. The van der Waals surface area contributed by atoms with Crippen LogP contribution in [0, 0.1) is 5.41 Å². The van der Waals surface area contributed by atoms with Gasteiger partial charge in [-0.25, -0.2) is 0 Å². The van der Waals surface area contributed by atoms with Crippen LogP contribution in [0.2, 0.25) is 0 Å². The van der Waals surface area contributed by atoms with Gasteiger partial charge in [0.05, 0.1) is 6.61 Å². The molecule has 168 valence electrons. The highest BCUT2D eigenvalue weighted by Gasteiger charge is 2.39. The molecule has 10 nitrogen and oxygen atoms in total.